The molecule has 0 saturated carbocycles. The molecule has 1 N–H and O–H groups in total. The molecule has 0 fully saturated rings. The van der Waals surface area contributed by atoms with Crippen LogP contribution in [0, 0.1) is 0 Å². The fourth-order valence-corrected chi connectivity index (χ4v) is 3.61. The molecule has 2 aromatic rings. The van der Waals surface area contributed by atoms with Crippen LogP contribution in [0.15, 0.2) is 42.5 Å². The molecular weight excluding hydrogens is 378 g/mol. The van der Waals surface area contributed by atoms with Crippen LogP contribution < -0.4 is 14.2 Å². The lowest BCUT2D eigenvalue weighted by atomic mass is 10.0. The van der Waals surface area contributed by atoms with Crippen LogP contribution in [-0.2, 0) is 16.4 Å². The molecule has 0 aromatic heterocycles. The van der Waals surface area contributed by atoms with E-state index in [1.807, 2.05) is 26.0 Å². The second-order valence-electron chi connectivity index (χ2n) is 6.71. The number of anilines is 1. The molecule has 0 unspecified atom stereocenters. The summed E-state index contributed by atoms with van der Waals surface area (Å²) in [6.45, 7) is 4.46. The van der Waals surface area contributed by atoms with Crippen molar-refractivity contribution in [1.29, 1.82) is 0 Å². The minimum atomic E-state index is -3.35. The molecule has 0 aliphatic carbocycles. The van der Waals surface area contributed by atoms with Gasteiger partial charge in [-0.25, -0.2) is 8.42 Å². The maximum absolute atomic E-state index is 12.5. The summed E-state index contributed by atoms with van der Waals surface area (Å²) in [5.41, 5.74) is 2.75. The first kappa shape index (κ1) is 19.9. The van der Waals surface area contributed by atoms with E-state index < -0.39 is 10.0 Å². The highest BCUT2D eigenvalue weighted by Gasteiger charge is 2.21. The molecule has 0 amide bonds. The summed E-state index contributed by atoms with van der Waals surface area (Å²) >= 11 is 0. The molecule has 1 heterocycles. The third-order valence-electron chi connectivity index (χ3n) is 4.22. The molecule has 1 atom stereocenters. The number of carbonyl (C=O) groups excluding carboxylic acids is 1. The number of benzene rings is 2. The lowest BCUT2D eigenvalue weighted by molar-refractivity contribution is 0.104. The predicted molar refractivity (Wildman–Crippen MR) is 110 cm³/mol. The van der Waals surface area contributed by atoms with Gasteiger partial charge in [-0.05, 0) is 62.4 Å². The summed E-state index contributed by atoms with van der Waals surface area (Å²) in [7, 11) is -3.35. The van der Waals surface area contributed by atoms with Crippen molar-refractivity contribution in [1.82, 2.24) is 0 Å². The summed E-state index contributed by atoms with van der Waals surface area (Å²) in [5, 5.41) is 0. The number of nitrogens with one attached hydrogen (secondary N) is 1. The average Bonchev–Trinajstić information content (AvgIpc) is 2.98. The van der Waals surface area contributed by atoms with Gasteiger partial charge >= 0.3 is 0 Å². The zero-order valence-corrected chi connectivity index (χ0v) is 16.9. The maximum atomic E-state index is 12.5. The van der Waals surface area contributed by atoms with Gasteiger partial charge in [0.05, 0.1) is 12.9 Å². The second-order valence-corrected chi connectivity index (χ2v) is 8.46. The van der Waals surface area contributed by atoms with E-state index in [-0.39, 0.29) is 11.9 Å². The van der Waals surface area contributed by atoms with Crippen LogP contribution in [-0.4, -0.2) is 33.2 Å². The number of sulfonamides is 1. The van der Waals surface area contributed by atoms with E-state index in [2.05, 4.69) is 4.72 Å². The third kappa shape index (κ3) is 4.92. The maximum Gasteiger partial charge on any atom is 0.229 e. The van der Waals surface area contributed by atoms with Crippen LogP contribution in [0.3, 0.4) is 0 Å². The van der Waals surface area contributed by atoms with Crippen molar-refractivity contribution in [3.63, 3.8) is 0 Å². The van der Waals surface area contributed by atoms with E-state index in [9.17, 15) is 13.2 Å². The number of hydrogen-bond donors (Lipinski definition) is 1. The molecule has 0 spiro atoms. The molecular formula is C21H23NO5S. The van der Waals surface area contributed by atoms with Gasteiger partial charge < -0.3 is 9.47 Å². The minimum Gasteiger partial charge on any atom is -0.493 e. The quantitative estimate of drug-likeness (QED) is 0.565. The van der Waals surface area contributed by atoms with Crippen molar-refractivity contribution in [2.45, 2.75) is 26.4 Å². The topological polar surface area (TPSA) is 81.7 Å². The van der Waals surface area contributed by atoms with Crippen LogP contribution in [0.2, 0.25) is 0 Å². The Morgan fingerprint density at radius 3 is 2.64 bits per heavy atom. The Morgan fingerprint density at radius 1 is 1.29 bits per heavy atom. The molecule has 7 heteroatoms. The van der Waals surface area contributed by atoms with Crippen LogP contribution in [0.5, 0.6) is 11.5 Å². The van der Waals surface area contributed by atoms with Gasteiger partial charge in [0.2, 0.25) is 10.0 Å². The Morgan fingerprint density at radius 2 is 2.00 bits per heavy atom. The van der Waals surface area contributed by atoms with Crippen LogP contribution in [0.4, 0.5) is 5.69 Å². The van der Waals surface area contributed by atoms with Crippen molar-refractivity contribution >= 4 is 27.6 Å². The van der Waals surface area contributed by atoms with E-state index in [4.69, 9.17) is 9.47 Å². The smallest absolute Gasteiger partial charge is 0.229 e. The highest BCUT2D eigenvalue weighted by molar-refractivity contribution is 7.92. The second kappa shape index (κ2) is 8.06. The molecule has 3 rings (SSSR count). The van der Waals surface area contributed by atoms with Gasteiger partial charge in [-0.1, -0.05) is 0 Å². The summed E-state index contributed by atoms with van der Waals surface area (Å²) in [5.74, 6) is 1.35. The number of ether oxygens (including phenoxy) is 2. The largest absolute Gasteiger partial charge is 0.493 e. The Labute approximate surface area is 165 Å². The van der Waals surface area contributed by atoms with Crippen molar-refractivity contribution in [3.05, 3.63) is 59.2 Å². The number of fused-ring (bicyclic) bond motifs is 1. The van der Waals surface area contributed by atoms with Gasteiger partial charge in [0.25, 0.3) is 0 Å². The van der Waals surface area contributed by atoms with Gasteiger partial charge in [-0.15, -0.1) is 0 Å². The third-order valence-corrected chi connectivity index (χ3v) is 4.82. The van der Waals surface area contributed by atoms with E-state index in [1.54, 1.807) is 30.3 Å². The number of ketones is 1. The monoisotopic (exact) mass is 401 g/mol. The first-order chi connectivity index (χ1) is 13.2. The highest BCUT2D eigenvalue weighted by Crippen LogP contribution is 2.35. The first-order valence-electron chi connectivity index (χ1n) is 9.02. The van der Waals surface area contributed by atoms with Crippen molar-refractivity contribution < 1.29 is 22.7 Å². The van der Waals surface area contributed by atoms with Gasteiger partial charge in [-0.2, -0.15) is 0 Å². The van der Waals surface area contributed by atoms with E-state index >= 15 is 0 Å². The first-order valence-corrected chi connectivity index (χ1v) is 10.9. The highest BCUT2D eigenvalue weighted by atomic mass is 32.2. The lowest BCUT2D eigenvalue weighted by Crippen LogP contribution is -2.09. The molecule has 0 bridgehead atoms. The van der Waals surface area contributed by atoms with E-state index in [0.717, 1.165) is 35.3 Å². The number of hydrogen-bond acceptors (Lipinski definition) is 5. The summed E-state index contributed by atoms with van der Waals surface area (Å²) in [6.07, 6.45) is 5.23. The molecule has 0 saturated heterocycles. The molecule has 28 heavy (non-hydrogen) atoms. The fourth-order valence-electron chi connectivity index (χ4n) is 3.04. The van der Waals surface area contributed by atoms with E-state index in [0.29, 0.717) is 17.9 Å². The summed E-state index contributed by atoms with van der Waals surface area (Å²) in [4.78, 5) is 12.5. The SMILES string of the molecule is CCOc1cc2c(cc1/C=C\C(=O)c1ccc(NS(C)(=O)=O)cc1)O[C@H](C)C2. The van der Waals surface area contributed by atoms with Crippen molar-refractivity contribution in [2.24, 2.45) is 0 Å². The molecule has 1 aliphatic heterocycles. The average molecular weight is 401 g/mol. The zero-order chi connectivity index (χ0) is 20.3. The van der Waals surface area contributed by atoms with Gasteiger partial charge in [0.1, 0.15) is 17.6 Å². The molecule has 1 aliphatic rings. The molecule has 0 radical (unpaired) electrons. The van der Waals surface area contributed by atoms with Gasteiger partial charge in [0, 0.05) is 28.8 Å². The van der Waals surface area contributed by atoms with Crippen molar-refractivity contribution in [3.8, 4) is 11.5 Å². The van der Waals surface area contributed by atoms with Gasteiger partial charge in [-0.3, -0.25) is 9.52 Å². The predicted octanol–water partition coefficient (Wildman–Crippen LogP) is 3.68. The van der Waals surface area contributed by atoms with Crippen LogP contribution in [0.1, 0.15) is 35.3 Å². The van der Waals surface area contributed by atoms with Crippen LogP contribution >= 0.6 is 0 Å². The zero-order valence-electron chi connectivity index (χ0n) is 16.1. The van der Waals surface area contributed by atoms with Crippen LogP contribution in [0.25, 0.3) is 6.08 Å². The van der Waals surface area contributed by atoms with Crippen molar-refractivity contribution in [2.75, 3.05) is 17.6 Å². The summed E-state index contributed by atoms with van der Waals surface area (Å²) in [6, 6.07) is 10.1. The number of allylic oxidation sites excluding steroid dienone is 1. The summed E-state index contributed by atoms with van der Waals surface area (Å²) < 4.78 is 36.4. The Hall–Kier alpha value is -2.80. The fraction of sp³-hybridized carbons (Fsp3) is 0.286. The number of carbonyl (C=O) groups is 1. The molecule has 2 aromatic carbocycles. The Kier molecular flexibility index (Phi) is 5.74. The lowest BCUT2D eigenvalue weighted by Gasteiger charge is -2.10. The Balaban J connectivity index is 1.79. The Bertz CT molecular complexity index is 1010. The number of rotatable bonds is 7. The van der Waals surface area contributed by atoms with E-state index in [1.165, 1.54) is 6.08 Å². The normalized spacial score (nSPS) is 15.9. The van der Waals surface area contributed by atoms with Gasteiger partial charge in [0.15, 0.2) is 5.78 Å². The minimum absolute atomic E-state index is 0.129. The molecule has 148 valence electrons. The standard InChI is InChI=1S/C21H23NO5S/c1-4-26-20-13-17-11-14(2)27-21(17)12-16(20)7-10-19(23)15-5-8-18(9-6-15)22-28(3,24)25/h5-10,12-14,22H,4,11H2,1-3H3/b10-7-/t14-/m1/s1. The molecule has 6 nitrogen and oxygen atoms in total.